The molecule has 0 saturated carbocycles. The predicted molar refractivity (Wildman–Crippen MR) is 102 cm³/mol. The third kappa shape index (κ3) is 3.20. The molecule has 130 valence electrons. The Morgan fingerprint density at radius 2 is 1.80 bits per heavy atom. The number of nitrogens with one attached hydrogen (secondary N) is 1. The second-order valence-corrected chi connectivity index (χ2v) is 9.50. The number of hydrogen-bond acceptors (Lipinski definition) is 7. The predicted octanol–water partition coefficient (Wildman–Crippen LogP) is 2.99. The lowest BCUT2D eigenvalue weighted by atomic mass is 9.98. The Morgan fingerprint density at radius 1 is 1.08 bits per heavy atom. The van der Waals surface area contributed by atoms with Crippen molar-refractivity contribution in [1.29, 1.82) is 0 Å². The van der Waals surface area contributed by atoms with Gasteiger partial charge in [-0.25, -0.2) is 18.5 Å². The van der Waals surface area contributed by atoms with Crippen LogP contribution in [-0.4, -0.2) is 13.4 Å². The third-order valence-electron chi connectivity index (χ3n) is 4.18. The van der Waals surface area contributed by atoms with E-state index in [1.165, 1.54) is 29.0 Å². The monoisotopic (exact) mass is 393 g/mol. The van der Waals surface area contributed by atoms with Crippen molar-refractivity contribution in [2.75, 3.05) is 5.32 Å². The van der Waals surface area contributed by atoms with Gasteiger partial charge < -0.3 is 5.32 Å². The zero-order valence-electron chi connectivity index (χ0n) is 13.1. The zero-order chi connectivity index (χ0) is 17.6. The van der Waals surface area contributed by atoms with Crippen molar-refractivity contribution in [3.63, 3.8) is 0 Å². The molecule has 6 nitrogen and oxygen atoms in total. The second-order valence-electron chi connectivity index (χ2n) is 5.89. The van der Waals surface area contributed by atoms with Crippen LogP contribution in [0.5, 0.6) is 0 Å². The number of rotatable bonds is 3. The summed E-state index contributed by atoms with van der Waals surface area (Å²) in [5.41, 5.74) is 1.83. The number of hydrogen-bond donors (Lipinski definition) is 2. The molecule has 0 fully saturated rings. The zero-order valence-corrected chi connectivity index (χ0v) is 15.6. The van der Waals surface area contributed by atoms with Crippen molar-refractivity contribution < 1.29 is 8.42 Å². The molecule has 4 rings (SSSR count). The molecule has 2 aromatic heterocycles. The van der Waals surface area contributed by atoms with E-state index in [4.69, 9.17) is 5.14 Å². The first-order valence-corrected chi connectivity index (χ1v) is 10.9. The molecular formula is C16H15N3O3S3. The van der Waals surface area contributed by atoms with Crippen LogP contribution >= 0.6 is 22.7 Å². The Hall–Kier alpha value is -1.81. The van der Waals surface area contributed by atoms with Crippen LogP contribution in [0.15, 0.2) is 34.0 Å². The molecule has 0 aliphatic heterocycles. The smallest absolute Gasteiger partial charge is 0.246 e. The number of aromatic nitrogens is 1. The third-order valence-corrected chi connectivity index (χ3v) is 7.07. The van der Waals surface area contributed by atoms with E-state index in [-0.39, 0.29) is 9.64 Å². The minimum Gasteiger partial charge on any atom is -0.331 e. The van der Waals surface area contributed by atoms with Crippen LogP contribution in [0.1, 0.15) is 23.3 Å². The molecule has 9 heteroatoms. The van der Waals surface area contributed by atoms with Crippen LogP contribution in [0.2, 0.25) is 0 Å². The maximum absolute atomic E-state index is 12.6. The minimum atomic E-state index is -3.72. The van der Waals surface area contributed by atoms with E-state index in [2.05, 4.69) is 10.3 Å². The fourth-order valence-electron chi connectivity index (χ4n) is 3.00. The van der Waals surface area contributed by atoms with Gasteiger partial charge >= 0.3 is 0 Å². The van der Waals surface area contributed by atoms with E-state index >= 15 is 0 Å². The van der Waals surface area contributed by atoms with E-state index in [9.17, 15) is 13.2 Å². The fraction of sp³-hybridized carbons (Fsp3) is 0.250. The SMILES string of the molecule is NS(=O)(=O)c1ccc(Nc2nc3sc4c(c3c(=O)s2)CCCC4)cc1. The van der Waals surface area contributed by atoms with Crippen LogP contribution in [0.25, 0.3) is 10.2 Å². The van der Waals surface area contributed by atoms with E-state index in [0.717, 1.165) is 40.8 Å². The summed E-state index contributed by atoms with van der Waals surface area (Å²) in [5, 5.41) is 9.44. The number of nitrogens with zero attached hydrogens (tertiary/aromatic N) is 1. The van der Waals surface area contributed by atoms with Gasteiger partial charge in [-0.3, -0.25) is 4.79 Å². The van der Waals surface area contributed by atoms with Gasteiger partial charge in [-0.15, -0.1) is 11.3 Å². The van der Waals surface area contributed by atoms with E-state index in [1.807, 2.05) is 0 Å². The molecule has 0 spiro atoms. The van der Waals surface area contributed by atoms with Gasteiger partial charge in [-0.1, -0.05) is 11.3 Å². The quantitative estimate of drug-likeness (QED) is 0.712. The highest BCUT2D eigenvalue weighted by atomic mass is 32.2. The second kappa shape index (κ2) is 6.17. The Labute approximate surface area is 152 Å². The summed E-state index contributed by atoms with van der Waals surface area (Å²) in [7, 11) is -3.72. The van der Waals surface area contributed by atoms with Crippen LogP contribution in [-0.2, 0) is 22.9 Å². The van der Waals surface area contributed by atoms with Gasteiger partial charge in [0.1, 0.15) is 4.83 Å². The number of primary sulfonamides is 1. The number of aryl methyl sites for hydroxylation is 2. The van der Waals surface area contributed by atoms with Gasteiger partial charge in [0.2, 0.25) is 14.8 Å². The number of nitrogens with two attached hydrogens (primary N) is 1. The molecule has 1 aromatic carbocycles. The molecule has 0 radical (unpaired) electrons. The van der Waals surface area contributed by atoms with E-state index in [1.54, 1.807) is 23.5 Å². The summed E-state index contributed by atoms with van der Waals surface area (Å²) in [6.45, 7) is 0. The maximum Gasteiger partial charge on any atom is 0.246 e. The Morgan fingerprint density at radius 3 is 2.52 bits per heavy atom. The minimum absolute atomic E-state index is 0.0213. The standard InChI is InChI=1S/C16H15N3O3S3/c17-25(21,22)10-7-5-9(6-8-10)18-16-19-14-13(15(20)24-16)11-3-1-2-4-12(11)23-14/h5-8H,1-4H2,(H,18,19)(H2,17,21,22). The normalized spacial score (nSPS) is 14.4. The molecule has 1 aliphatic rings. The van der Waals surface area contributed by atoms with Crippen molar-refractivity contribution in [2.24, 2.45) is 5.14 Å². The first-order valence-electron chi connectivity index (χ1n) is 7.77. The summed E-state index contributed by atoms with van der Waals surface area (Å²) < 4.78 is 22.6. The van der Waals surface area contributed by atoms with Crippen molar-refractivity contribution in [2.45, 2.75) is 30.6 Å². The highest BCUT2D eigenvalue weighted by Crippen LogP contribution is 2.35. The topological polar surface area (TPSA) is 102 Å². The average molecular weight is 394 g/mol. The van der Waals surface area contributed by atoms with Gasteiger partial charge in [0.15, 0.2) is 5.13 Å². The van der Waals surface area contributed by atoms with Gasteiger partial charge in [0, 0.05) is 10.6 Å². The van der Waals surface area contributed by atoms with Crippen LogP contribution < -0.4 is 15.2 Å². The highest BCUT2D eigenvalue weighted by Gasteiger charge is 2.20. The molecule has 3 N–H and O–H groups in total. The number of benzene rings is 1. The van der Waals surface area contributed by atoms with Crippen LogP contribution in [0.4, 0.5) is 10.8 Å². The van der Waals surface area contributed by atoms with Crippen LogP contribution in [0, 0.1) is 0 Å². The molecule has 0 unspecified atom stereocenters. The lowest BCUT2D eigenvalue weighted by Crippen LogP contribution is -2.11. The molecule has 0 bridgehead atoms. The Kier molecular flexibility index (Phi) is 4.11. The highest BCUT2D eigenvalue weighted by molar-refractivity contribution is 7.89. The summed E-state index contributed by atoms with van der Waals surface area (Å²) in [4.78, 5) is 19.3. The molecule has 2 heterocycles. The van der Waals surface area contributed by atoms with E-state index in [0.29, 0.717) is 10.8 Å². The summed E-state index contributed by atoms with van der Waals surface area (Å²) in [5.74, 6) is 0. The van der Waals surface area contributed by atoms with Crippen molar-refractivity contribution in [3.05, 3.63) is 44.2 Å². The number of thiophene rings is 1. The van der Waals surface area contributed by atoms with Gasteiger partial charge in [-0.05, 0) is 55.5 Å². The largest absolute Gasteiger partial charge is 0.331 e. The van der Waals surface area contributed by atoms with Crippen molar-refractivity contribution in [3.8, 4) is 0 Å². The molecule has 0 atom stereocenters. The lowest BCUT2D eigenvalue weighted by Gasteiger charge is -2.09. The maximum atomic E-state index is 12.6. The van der Waals surface area contributed by atoms with Gasteiger partial charge in [0.25, 0.3) is 0 Å². The molecule has 0 saturated heterocycles. The molecule has 1 aliphatic carbocycles. The Balaban J connectivity index is 1.69. The molecule has 0 amide bonds. The van der Waals surface area contributed by atoms with Crippen LogP contribution in [0.3, 0.4) is 0 Å². The number of sulfonamides is 1. The van der Waals surface area contributed by atoms with Gasteiger partial charge in [0.05, 0.1) is 10.3 Å². The Bertz CT molecular complexity index is 1120. The molecular weight excluding hydrogens is 378 g/mol. The first-order chi connectivity index (χ1) is 11.9. The summed E-state index contributed by atoms with van der Waals surface area (Å²) >= 11 is 2.68. The summed E-state index contributed by atoms with van der Waals surface area (Å²) in [6, 6.07) is 6.04. The average Bonchev–Trinajstić information content (AvgIpc) is 2.93. The van der Waals surface area contributed by atoms with Crippen molar-refractivity contribution in [1.82, 2.24) is 4.98 Å². The number of anilines is 2. The first kappa shape index (κ1) is 16.6. The fourth-order valence-corrected chi connectivity index (χ4v) is 5.70. The summed E-state index contributed by atoms with van der Waals surface area (Å²) in [6.07, 6.45) is 4.28. The van der Waals surface area contributed by atoms with Crippen molar-refractivity contribution >= 4 is 53.7 Å². The number of fused-ring (bicyclic) bond motifs is 3. The van der Waals surface area contributed by atoms with E-state index < -0.39 is 10.0 Å². The molecule has 3 aromatic rings. The lowest BCUT2D eigenvalue weighted by molar-refractivity contribution is 0.598. The van der Waals surface area contributed by atoms with Gasteiger partial charge in [-0.2, -0.15) is 0 Å². The molecule has 25 heavy (non-hydrogen) atoms.